The molecule has 0 aromatic heterocycles. The molecule has 0 saturated carbocycles. The predicted octanol–water partition coefficient (Wildman–Crippen LogP) is -0.394. The standard InChI is InChI=1S/C6H10N2O3.ClH/c1-7-2-3-8-5(9)4-11-6(8)10;/h7H,2-4H2,1H3;1H. The summed E-state index contributed by atoms with van der Waals surface area (Å²) in [5.41, 5.74) is 0. The molecule has 0 aliphatic carbocycles. The van der Waals surface area contributed by atoms with E-state index >= 15 is 0 Å². The van der Waals surface area contributed by atoms with E-state index < -0.39 is 6.09 Å². The number of nitrogens with zero attached hydrogens (tertiary/aromatic N) is 1. The number of carbonyl (C=O) groups excluding carboxylic acids is 2. The van der Waals surface area contributed by atoms with E-state index in [1.165, 1.54) is 0 Å². The summed E-state index contributed by atoms with van der Waals surface area (Å²) in [4.78, 5) is 22.7. The van der Waals surface area contributed by atoms with E-state index in [1.54, 1.807) is 7.05 Å². The van der Waals surface area contributed by atoms with Crippen LogP contribution in [0, 0.1) is 0 Å². The topological polar surface area (TPSA) is 58.6 Å². The van der Waals surface area contributed by atoms with Crippen molar-refractivity contribution in [2.24, 2.45) is 0 Å². The molecule has 0 spiro atoms. The van der Waals surface area contributed by atoms with Crippen molar-refractivity contribution in [3.63, 3.8) is 0 Å². The lowest BCUT2D eigenvalue weighted by molar-refractivity contribution is -0.125. The molecule has 1 aliphatic heterocycles. The van der Waals surface area contributed by atoms with Crippen molar-refractivity contribution < 1.29 is 14.3 Å². The zero-order valence-corrected chi connectivity index (χ0v) is 7.52. The number of hydrogen-bond donors (Lipinski definition) is 1. The molecule has 0 aromatic carbocycles. The highest BCUT2D eigenvalue weighted by Crippen LogP contribution is 2.02. The lowest BCUT2D eigenvalue weighted by atomic mass is 10.5. The molecule has 6 heteroatoms. The number of hydrogen-bond acceptors (Lipinski definition) is 4. The summed E-state index contributed by atoms with van der Waals surface area (Å²) in [6, 6.07) is 0. The van der Waals surface area contributed by atoms with E-state index in [9.17, 15) is 9.59 Å². The van der Waals surface area contributed by atoms with Crippen molar-refractivity contribution in [3.8, 4) is 0 Å². The van der Waals surface area contributed by atoms with Gasteiger partial charge in [-0.25, -0.2) is 9.69 Å². The Morgan fingerprint density at radius 1 is 1.58 bits per heavy atom. The highest BCUT2D eigenvalue weighted by Gasteiger charge is 2.29. The third kappa shape index (κ3) is 2.35. The smallest absolute Gasteiger partial charge is 0.417 e. The first-order valence-corrected chi connectivity index (χ1v) is 3.37. The molecular formula is C6H11ClN2O3. The van der Waals surface area contributed by atoms with E-state index in [0.717, 1.165) is 4.90 Å². The Kier molecular flexibility index (Phi) is 4.61. The monoisotopic (exact) mass is 194 g/mol. The van der Waals surface area contributed by atoms with Crippen LogP contribution in [0.4, 0.5) is 4.79 Å². The molecule has 0 unspecified atom stereocenters. The van der Waals surface area contributed by atoms with Gasteiger partial charge in [0.15, 0.2) is 6.61 Å². The van der Waals surface area contributed by atoms with Crippen LogP contribution in [-0.4, -0.2) is 43.6 Å². The third-order valence-electron chi connectivity index (χ3n) is 1.43. The average molecular weight is 195 g/mol. The summed E-state index contributed by atoms with van der Waals surface area (Å²) < 4.78 is 4.48. The van der Waals surface area contributed by atoms with Gasteiger partial charge in [-0.15, -0.1) is 12.4 Å². The molecule has 1 fully saturated rings. The molecule has 1 rings (SSSR count). The van der Waals surface area contributed by atoms with E-state index in [4.69, 9.17) is 0 Å². The second-order valence-corrected chi connectivity index (χ2v) is 2.20. The average Bonchev–Trinajstić information content (AvgIpc) is 2.29. The Balaban J connectivity index is 0.00000121. The summed E-state index contributed by atoms with van der Waals surface area (Å²) in [5.74, 6) is -0.259. The first-order chi connectivity index (χ1) is 5.25. The van der Waals surface area contributed by atoms with Gasteiger partial charge in [-0.2, -0.15) is 0 Å². The molecular weight excluding hydrogens is 184 g/mol. The van der Waals surface area contributed by atoms with Crippen molar-refractivity contribution >= 4 is 24.4 Å². The van der Waals surface area contributed by atoms with Crippen LogP contribution in [0.2, 0.25) is 0 Å². The van der Waals surface area contributed by atoms with Crippen LogP contribution in [0.25, 0.3) is 0 Å². The van der Waals surface area contributed by atoms with Gasteiger partial charge in [0, 0.05) is 13.1 Å². The van der Waals surface area contributed by atoms with Crippen LogP contribution in [-0.2, 0) is 9.53 Å². The van der Waals surface area contributed by atoms with Gasteiger partial charge in [0.05, 0.1) is 0 Å². The summed E-state index contributed by atoms with van der Waals surface area (Å²) in [7, 11) is 1.76. The van der Waals surface area contributed by atoms with Crippen LogP contribution in [0.1, 0.15) is 0 Å². The van der Waals surface area contributed by atoms with Gasteiger partial charge in [0.25, 0.3) is 5.91 Å². The van der Waals surface area contributed by atoms with Gasteiger partial charge in [-0.05, 0) is 7.05 Å². The molecule has 5 nitrogen and oxygen atoms in total. The maximum Gasteiger partial charge on any atom is 0.417 e. The normalized spacial score (nSPS) is 15.9. The van der Waals surface area contributed by atoms with Crippen molar-refractivity contribution in [1.29, 1.82) is 0 Å². The number of imide groups is 1. The fraction of sp³-hybridized carbons (Fsp3) is 0.667. The summed E-state index contributed by atoms with van der Waals surface area (Å²) >= 11 is 0. The SMILES string of the molecule is CNCCN1C(=O)COC1=O.Cl. The second-order valence-electron chi connectivity index (χ2n) is 2.20. The number of amides is 2. The van der Waals surface area contributed by atoms with Crippen LogP contribution in [0.3, 0.4) is 0 Å². The summed E-state index contributed by atoms with van der Waals surface area (Å²) in [6.07, 6.45) is -0.537. The number of halogens is 1. The Labute approximate surface area is 76.5 Å². The maximum atomic E-state index is 10.8. The molecule has 0 aromatic rings. The lowest BCUT2D eigenvalue weighted by Gasteiger charge is -2.08. The Morgan fingerprint density at radius 2 is 2.25 bits per heavy atom. The highest BCUT2D eigenvalue weighted by atomic mass is 35.5. The Morgan fingerprint density at radius 3 is 2.67 bits per heavy atom. The van der Waals surface area contributed by atoms with Gasteiger partial charge >= 0.3 is 6.09 Å². The zero-order chi connectivity index (χ0) is 8.27. The summed E-state index contributed by atoms with van der Waals surface area (Å²) in [6.45, 7) is 0.873. The minimum absolute atomic E-state index is 0. The van der Waals surface area contributed by atoms with Gasteiger partial charge < -0.3 is 10.1 Å². The predicted molar refractivity (Wildman–Crippen MR) is 44.2 cm³/mol. The summed E-state index contributed by atoms with van der Waals surface area (Å²) in [5, 5.41) is 2.83. The molecule has 1 saturated heterocycles. The van der Waals surface area contributed by atoms with E-state index in [0.29, 0.717) is 13.1 Å². The van der Waals surface area contributed by atoms with Gasteiger partial charge in [-0.1, -0.05) is 0 Å². The fourth-order valence-corrected chi connectivity index (χ4v) is 0.821. The molecule has 12 heavy (non-hydrogen) atoms. The number of nitrogens with one attached hydrogen (secondary N) is 1. The minimum Gasteiger partial charge on any atom is -0.439 e. The first kappa shape index (κ1) is 11.2. The number of ether oxygens (including phenoxy) is 1. The Hall–Kier alpha value is -0.810. The quantitative estimate of drug-likeness (QED) is 0.665. The fourth-order valence-electron chi connectivity index (χ4n) is 0.821. The van der Waals surface area contributed by atoms with Gasteiger partial charge in [0.1, 0.15) is 0 Å². The second kappa shape index (κ2) is 4.95. The van der Waals surface area contributed by atoms with Crippen LogP contribution in [0.5, 0.6) is 0 Å². The number of carbonyl (C=O) groups is 2. The lowest BCUT2D eigenvalue weighted by Crippen LogP contribution is -2.34. The molecule has 0 bridgehead atoms. The maximum absolute atomic E-state index is 10.8. The van der Waals surface area contributed by atoms with E-state index in [1.807, 2.05) is 0 Å². The third-order valence-corrected chi connectivity index (χ3v) is 1.43. The van der Waals surface area contributed by atoms with Crippen molar-refractivity contribution in [3.05, 3.63) is 0 Å². The van der Waals surface area contributed by atoms with Crippen molar-refractivity contribution in [2.75, 3.05) is 26.7 Å². The number of likely N-dealkylation sites (N-methyl/N-ethyl adjacent to an activating group) is 1. The Bertz CT molecular complexity index is 170. The minimum atomic E-state index is -0.537. The van der Waals surface area contributed by atoms with Crippen LogP contribution >= 0.6 is 12.4 Å². The molecule has 1 N–H and O–H groups in total. The van der Waals surface area contributed by atoms with Crippen LogP contribution in [0.15, 0.2) is 0 Å². The number of cyclic esters (lactones) is 1. The molecule has 1 aliphatic rings. The van der Waals surface area contributed by atoms with Gasteiger partial charge in [0.2, 0.25) is 0 Å². The van der Waals surface area contributed by atoms with Crippen LogP contribution < -0.4 is 5.32 Å². The number of rotatable bonds is 3. The van der Waals surface area contributed by atoms with Gasteiger partial charge in [-0.3, -0.25) is 4.79 Å². The van der Waals surface area contributed by atoms with Crippen molar-refractivity contribution in [2.45, 2.75) is 0 Å². The molecule has 0 radical (unpaired) electrons. The molecule has 0 atom stereocenters. The van der Waals surface area contributed by atoms with E-state index in [2.05, 4.69) is 10.1 Å². The molecule has 2 amide bonds. The molecule has 70 valence electrons. The van der Waals surface area contributed by atoms with E-state index in [-0.39, 0.29) is 24.9 Å². The first-order valence-electron chi connectivity index (χ1n) is 3.37. The largest absolute Gasteiger partial charge is 0.439 e. The highest BCUT2D eigenvalue weighted by molar-refractivity contribution is 5.97. The zero-order valence-electron chi connectivity index (χ0n) is 6.70. The van der Waals surface area contributed by atoms with Crippen molar-refractivity contribution in [1.82, 2.24) is 10.2 Å². The molecule has 1 heterocycles.